The molecule has 0 aromatic heterocycles. The van der Waals surface area contributed by atoms with Crippen molar-refractivity contribution in [2.24, 2.45) is 0 Å². The summed E-state index contributed by atoms with van der Waals surface area (Å²) in [6, 6.07) is 55.4. The van der Waals surface area contributed by atoms with Crippen LogP contribution in [0.5, 0.6) is 0 Å². The summed E-state index contributed by atoms with van der Waals surface area (Å²) in [5.74, 6) is 0.111. The van der Waals surface area contributed by atoms with Crippen molar-refractivity contribution in [1.29, 1.82) is 0 Å². The molecule has 236 valence electrons. The highest BCUT2D eigenvalue weighted by atomic mass is 15.0. The van der Waals surface area contributed by atoms with Gasteiger partial charge in [-0.15, -0.1) is 0 Å². The van der Waals surface area contributed by atoms with Crippen LogP contribution < -0.4 is 10.6 Å². The van der Waals surface area contributed by atoms with E-state index in [2.05, 4.69) is 197 Å². The van der Waals surface area contributed by atoms with Crippen molar-refractivity contribution >= 4 is 11.4 Å². The Morgan fingerprint density at radius 3 is 1.04 bits per heavy atom. The third-order valence-corrected chi connectivity index (χ3v) is 9.47. The zero-order chi connectivity index (χ0) is 32.8. The summed E-state index contributed by atoms with van der Waals surface area (Å²) >= 11 is 0. The van der Waals surface area contributed by atoms with E-state index in [0.29, 0.717) is 0 Å². The fourth-order valence-electron chi connectivity index (χ4n) is 6.90. The van der Waals surface area contributed by atoms with Gasteiger partial charge in [-0.1, -0.05) is 157 Å². The van der Waals surface area contributed by atoms with Gasteiger partial charge in [-0.3, -0.25) is 0 Å². The van der Waals surface area contributed by atoms with E-state index in [1.54, 1.807) is 0 Å². The van der Waals surface area contributed by atoms with E-state index in [9.17, 15) is 0 Å². The van der Waals surface area contributed by atoms with Gasteiger partial charge in [0.15, 0.2) is 0 Å². The van der Waals surface area contributed by atoms with Crippen molar-refractivity contribution in [3.8, 4) is 0 Å². The lowest BCUT2D eigenvalue weighted by Crippen LogP contribution is -2.36. The van der Waals surface area contributed by atoms with Crippen molar-refractivity contribution < 1.29 is 0 Å². The molecule has 6 rings (SSSR count). The number of anilines is 2. The van der Waals surface area contributed by atoms with Crippen LogP contribution in [0, 0.1) is 20.8 Å². The molecular weight excluding hydrogens is 569 g/mol. The molecule has 0 amide bonds. The van der Waals surface area contributed by atoms with Crippen LogP contribution in [-0.4, -0.2) is 12.1 Å². The van der Waals surface area contributed by atoms with Gasteiger partial charge in [-0.25, -0.2) is 0 Å². The Morgan fingerprint density at radius 1 is 0.383 bits per heavy atom. The molecule has 0 spiro atoms. The van der Waals surface area contributed by atoms with Crippen LogP contribution >= 0.6 is 0 Å². The molecule has 2 N–H and O–H groups in total. The largest absolute Gasteiger partial charge is 0.380 e. The minimum Gasteiger partial charge on any atom is -0.380 e. The van der Waals surface area contributed by atoms with Gasteiger partial charge in [0.1, 0.15) is 0 Å². The fraction of sp³-hybridized carbons (Fsp3) is 0.200. The molecule has 0 heterocycles. The predicted octanol–water partition coefficient (Wildman–Crippen LogP) is 11.3. The highest BCUT2D eigenvalue weighted by Crippen LogP contribution is 2.44. The van der Waals surface area contributed by atoms with Crippen LogP contribution in [-0.2, 0) is 0 Å². The van der Waals surface area contributed by atoms with Crippen LogP contribution in [0.3, 0.4) is 0 Å². The molecule has 2 nitrogen and oxygen atoms in total. The Kier molecular flexibility index (Phi) is 9.88. The van der Waals surface area contributed by atoms with Crippen LogP contribution in [0.4, 0.5) is 11.4 Å². The Bertz CT molecular complexity index is 1680. The number of aryl methyl sites for hydroxylation is 3. The minimum absolute atomic E-state index is 0.0554. The van der Waals surface area contributed by atoms with Gasteiger partial charge in [-0.2, -0.15) is 0 Å². The van der Waals surface area contributed by atoms with Crippen molar-refractivity contribution in [3.05, 3.63) is 202 Å². The van der Waals surface area contributed by atoms with E-state index in [1.807, 2.05) is 0 Å². The van der Waals surface area contributed by atoms with Gasteiger partial charge >= 0.3 is 0 Å². The lowest BCUT2D eigenvalue weighted by Gasteiger charge is -2.33. The van der Waals surface area contributed by atoms with Gasteiger partial charge in [0, 0.05) is 35.3 Å². The highest BCUT2D eigenvalue weighted by Gasteiger charge is 2.28. The average Bonchev–Trinajstić information content (AvgIpc) is 3.10. The maximum atomic E-state index is 4.14. The third-order valence-electron chi connectivity index (χ3n) is 9.47. The number of benzene rings is 6. The van der Waals surface area contributed by atoms with Crippen LogP contribution in [0.2, 0.25) is 0 Å². The molecule has 2 atom stereocenters. The highest BCUT2D eigenvalue weighted by molar-refractivity contribution is 5.69. The summed E-state index contributed by atoms with van der Waals surface area (Å²) in [7, 11) is 0. The quantitative estimate of drug-likeness (QED) is 0.142. The lowest BCUT2D eigenvalue weighted by molar-refractivity contribution is 0.673. The SMILES string of the molecule is Cc1cc(C(c2ccccc2)c2ccccc2)c(NC(C)C(C)Nc2c(C)cccc2C)c(C(c2ccccc2)c2ccccc2)c1. The third kappa shape index (κ3) is 7.18. The van der Waals surface area contributed by atoms with Crippen molar-refractivity contribution in [1.82, 2.24) is 0 Å². The number of nitrogens with one attached hydrogen (secondary N) is 2. The van der Waals surface area contributed by atoms with E-state index in [0.717, 1.165) is 0 Å². The zero-order valence-electron chi connectivity index (χ0n) is 28.2. The molecule has 0 aliphatic carbocycles. The van der Waals surface area contributed by atoms with E-state index in [4.69, 9.17) is 0 Å². The Morgan fingerprint density at radius 2 is 0.702 bits per heavy atom. The first-order chi connectivity index (χ1) is 22.9. The number of hydrogen-bond acceptors (Lipinski definition) is 2. The van der Waals surface area contributed by atoms with Crippen LogP contribution in [0.25, 0.3) is 0 Å². The standard InChI is InChI=1S/C45H46N2/c1-31-29-40(42(36-21-10-6-11-22-36)37-23-12-7-13-24-37)45(47-35(5)34(4)46-44-32(2)19-18-20-33(44)3)41(30-31)43(38-25-14-8-15-26-38)39-27-16-9-17-28-39/h6-30,34-35,42-43,46-47H,1-5H3. The Balaban J connectivity index is 1.56. The summed E-state index contributed by atoms with van der Waals surface area (Å²) in [5, 5.41) is 8.01. The van der Waals surface area contributed by atoms with Crippen LogP contribution in [0.15, 0.2) is 152 Å². The first kappa shape index (κ1) is 31.9. The fourth-order valence-corrected chi connectivity index (χ4v) is 6.90. The monoisotopic (exact) mass is 614 g/mol. The molecular formula is C45H46N2. The smallest absolute Gasteiger partial charge is 0.0432 e. The Labute approximate surface area is 281 Å². The maximum absolute atomic E-state index is 4.14. The second kappa shape index (κ2) is 14.6. The van der Waals surface area contributed by atoms with Crippen molar-refractivity contribution in [2.75, 3.05) is 10.6 Å². The van der Waals surface area contributed by atoms with E-state index < -0.39 is 0 Å². The molecule has 0 saturated carbocycles. The molecule has 0 fully saturated rings. The van der Waals surface area contributed by atoms with E-state index in [-0.39, 0.29) is 23.9 Å². The summed E-state index contributed by atoms with van der Waals surface area (Å²) < 4.78 is 0. The van der Waals surface area contributed by atoms with Gasteiger partial charge in [0.25, 0.3) is 0 Å². The molecule has 0 radical (unpaired) electrons. The van der Waals surface area contributed by atoms with Crippen LogP contribution in [0.1, 0.15) is 75.8 Å². The molecule has 0 aliphatic rings. The Hall–Kier alpha value is -5.08. The molecule has 0 bridgehead atoms. The van der Waals surface area contributed by atoms with E-state index >= 15 is 0 Å². The number of hydrogen-bond donors (Lipinski definition) is 2. The molecule has 0 aliphatic heterocycles. The summed E-state index contributed by atoms with van der Waals surface area (Å²) in [5.41, 5.74) is 13.9. The summed E-state index contributed by atoms with van der Waals surface area (Å²) in [6.07, 6.45) is 0. The first-order valence-corrected chi connectivity index (χ1v) is 16.8. The molecule has 2 unspecified atom stereocenters. The second-order valence-electron chi connectivity index (χ2n) is 13.0. The topological polar surface area (TPSA) is 24.1 Å². The zero-order valence-corrected chi connectivity index (χ0v) is 28.2. The minimum atomic E-state index is 0.0554. The van der Waals surface area contributed by atoms with Gasteiger partial charge in [0.2, 0.25) is 0 Å². The molecule has 6 aromatic rings. The maximum Gasteiger partial charge on any atom is 0.0432 e. The molecule has 2 heteroatoms. The van der Waals surface area contributed by atoms with E-state index in [1.165, 1.54) is 61.4 Å². The van der Waals surface area contributed by atoms with Gasteiger partial charge in [-0.05, 0) is 79.1 Å². The summed E-state index contributed by atoms with van der Waals surface area (Å²) in [6.45, 7) is 11.2. The van der Waals surface area contributed by atoms with Gasteiger partial charge < -0.3 is 10.6 Å². The van der Waals surface area contributed by atoms with Gasteiger partial charge in [0.05, 0.1) is 0 Å². The second-order valence-corrected chi connectivity index (χ2v) is 13.0. The predicted molar refractivity (Wildman–Crippen MR) is 201 cm³/mol. The average molecular weight is 615 g/mol. The first-order valence-electron chi connectivity index (χ1n) is 16.8. The number of rotatable bonds is 11. The number of para-hydroxylation sites is 1. The lowest BCUT2D eigenvalue weighted by atomic mass is 9.78. The molecule has 6 aromatic carbocycles. The summed E-state index contributed by atoms with van der Waals surface area (Å²) in [4.78, 5) is 0. The molecule has 47 heavy (non-hydrogen) atoms. The molecule has 0 saturated heterocycles. The normalized spacial score (nSPS) is 12.6. The van der Waals surface area contributed by atoms with Crippen molar-refractivity contribution in [3.63, 3.8) is 0 Å². The van der Waals surface area contributed by atoms with Crippen molar-refractivity contribution in [2.45, 2.75) is 58.5 Å².